The van der Waals surface area contributed by atoms with E-state index in [-0.39, 0.29) is 5.56 Å². The number of carboxylic acids is 1. The van der Waals surface area contributed by atoms with Crippen LogP contribution in [0, 0.1) is 6.92 Å². The van der Waals surface area contributed by atoms with Crippen LogP contribution in [0.1, 0.15) is 22.3 Å². The molecule has 4 nitrogen and oxygen atoms in total. The number of nitrogens with one attached hydrogen (secondary N) is 1. The topological polar surface area (TPSA) is 66.4 Å². The summed E-state index contributed by atoms with van der Waals surface area (Å²) in [6.45, 7) is 2.54. The predicted molar refractivity (Wildman–Crippen MR) is 70.2 cm³/mol. The van der Waals surface area contributed by atoms with Crippen molar-refractivity contribution in [1.82, 2.24) is 0 Å². The normalized spacial score (nSPS) is 12.1. The Morgan fingerprint density at radius 1 is 1.47 bits per heavy atom. The number of carbonyl (C=O) groups is 1. The van der Waals surface area contributed by atoms with Gasteiger partial charge < -0.3 is 10.4 Å². The Labute approximate surface area is 104 Å². The molecule has 0 radical (unpaired) electrons. The second kappa shape index (κ2) is 6.39. The molecule has 94 valence electrons. The summed E-state index contributed by atoms with van der Waals surface area (Å²) in [7, 11) is -0.798. The highest BCUT2D eigenvalue weighted by atomic mass is 32.2. The van der Waals surface area contributed by atoms with Crippen LogP contribution in [0.4, 0.5) is 5.69 Å². The highest BCUT2D eigenvalue weighted by Crippen LogP contribution is 2.17. The largest absolute Gasteiger partial charge is 0.478 e. The molecule has 0 saturated carbocycles. The fourth-order valence-electron chi connectivity index (χ4n) is 1.49. The standard InChI is InChI=1S/C12H17NO3S/c1-9-4-5-10(12(14)15)11(8-9)13-6-3-7-17(2)16/h4-5,8,13H,3,6-7H2,1-2H3,(H,14,15). The highest BCUT2D eigenvalue weighted by Gasteiger charge is 2.09. The van der Waals surface area contributed by atoms with Gasteiger partial charge in [0.2, 0.25) is 0 Å². The molecule has 0 saturated heterocycles. The van der Waals surface area contributed by atoms with Gasteiger partial charge in [-0.3, -0.25) is 4.21 Å². The maximum Gasteiger partial charge on any atom is 0.337 e. The molecule has 5 heteroatoms. The molecule has 0 aromatic heterocycles. The Morgan fingerprint density at radius 2 is 2.18 bits per heavy atom. The quantitative estimate of drug-likeness (QED) is 0.762. The van der Waals surface area contributed by atoms with Gasteiger partial charge in [-0.25, -0.2) is 4.79 Å². The van der Waals surface area contributed by atoms with Gasteiger partial charge in [0.25, 0.3) is 0 Å². The summed E-state index contributed by atoms with van der Waals surface area (Å²) >= 11 is 0. The summed E-state index contributed by atoms with van der Waals surface area (Å²) in [5.74, 6) is -0.312. The van der Waals surface area contributed by atoms with Crippen LogP contribution in [0.5, 0.6) is 0 Å². The zero-order valence-corrected chi connectivity index (χ0v) is 10.8. The van der Waals surface area contributed by atoms with Crippen molar-refractivity contribution in [3.8, 4) is 0 Å². The minimum absolute atomic E-state index is 0.272. The molecule has 1 rings (SSSR count). The molecule has 0 spiro atoms. The van der Waals surface area contributed by atoms with E-state index >= 15 is 0 Å². The first-order valence-electron chi connectivity index (χ1n) is 5.38. The Bertz CT molecular complexity index is 432. The second-order valence-electron chi connectivity index (χ2n) is 3.91. The van der Waals surface area contributed by atoms with Crippen molar-refractivity contribution in [3.05, 3.63) is 29.3 Å². The molecule has 1 aromatic rings. The van der Waals surface area contributed by atoms with Crippen LogP contribution in [0.3, 0.4) is 0 Å². The number of aromatic carboxylic acids is 1. The van der Waals surface area contributed by atoms with E-state index in [1.54, 1.807) is 18.4 Å². The van der Waals surface area contributed by atoms with Gasteiger partial charge in [-0.1, -0.05) is 6.07 Å². The van der Waals surface area contributed by atoms with Gasteiger partial charge >= 0.3 is 5.97 Å². The minimum Gasteiger partial charge on any atom is -0.478 e. The smallest absolute Gasteiger partial charge is 0.337 e. The van der Waals surface area contributed by atoms with Crippen molar-refractivity contribution < 1.29 is 14.1 Å². The van der Waals surface area contributed by atoms with Gasteiger partial charge in [0.1, 0.15) is 0 Å². The second-order valence-corrected chi connectivity index (χ2v) is 5.47. The summed E-state index contributed by atoms with van der Waals surface area (Å²) in [4.78, 5) is 11.0. The fourth-order valence-corrected chi connectivity index (χ4v) is 2.04. The third-order valence-electron chi connectivity index (χ3n) is 2.33. The van der Waals surface area contributed by atoms with Gasteiger partial charge in [0.15, 0.2) is 0 Å². The number of carboxylic acid groups (broad SMARTS) is 1. The summed E-state index contributed by atoms with van der Waals surface area (Å²) in [5.41, 5.74) is 1.91. The lowest BCUT2D eigenvalue weighted by atomic mass is 10.1. The van der Waals surface area contributed by atoms with Gasteiger partial charge in [0.05, 0.1) is 5.56 Å². The number of benzene rings is 1. The molecule has 0 fully saturated rings. The van der Waals surface area contributed by atoms with E-state index in [1.165, 1.54) is 0 Å². The van der Waals surface area contributed by atoms with Gasteiger partial charge in [-0.05, 0) is 31.0 Å². The van der Waals surface area contributed by atoms with E-state index in [9.17, 15) is 9.00 Å². The molecule has 0 aliphatic heterocycles. The zero-order chi connectivity index (χ0) is 12.8. The molecule has 0 amide bonds. The molecule has 1 unspecified atom stereocenters. The van der Waals surface area contributed by atoms with Crippen LogP contribution in [0.15, 0.2) is 18.2 Å². The Hall–Kier alpha value is -1.36. The van der Waals surface area contributed by atoms with Crippen LogP contribution in [-0.4, -0.2) is 33.8 Å². The maximum absolute atomic E-state index is 11.0. The summed E-state index contributed by atoms with van der Waals surface area (Å²) in [5, 5.41) is 12.1. The monoisotopic (exact) mass is 255 g/mol. The van der Waals surface area contributed by atoms with Crippen LogP contribution in [0.2, 0.25) is 0 Å². The van der Waals surface area contributed by atoms with E-state index in [4.69, 9.17) is 5.11 Å². The summed E-state index contributed by atoms with van der Waals surface area (Å²) in [6.07, 6.45) is 2.42. The number of anilines is 1. The van der Waals surface area contributed by atoms with Crippen molar-refractivity contribution >= 4 is 22.5 Å². The third kappa shape index (κ3) is 4.56. The van der Waals surface area contributed by atoms with E-state index in [0.717, 1.165) is 12.0 Å². The van der Waals surface area contributed by atoms with Crippen LogP contribution in [0.25, 0.3) is 0 Å². The van der Waals surface area contributed by atoms with Crippen molar-refractivity contribution in [1.29, 1.82) is 0 Å². The van der Waals surface area contributed by atoms with Crippen molar-refractivity contribution in [2.75, 3.05) is 23.9 Å². The average Bonchev–Trinajstić information content (AvgIpc) is 2.23. The third-order valence-corrected chi connectivity index (χ3v) is 3.19. The molecule has 17 heavy (non-hydrogen) atoms. The molecule has 2 N–H and O–H groups in total. The lowest BCUT2D eigenvalue weighted by molar-refractivity contribution is 0.0698. The van der Waals surface area contributed by atoms with Crippen LogP contribution >= 0.6 is 0 Å². The van der Waals surface area contributed by atoms with Crippen molar-refractivity contribution in [2.45, 2.75) is 13.3 Å². The molecular formula is C12H17NO3S. The zero-order valence-electron chi connectivity index (χ0n) is 10.0. The first-order valence-corrected chi connectivity index (χ1v) is 7.11. The molecule has 1 atom stereocenters. The van der Waals surface area contributed by atoms with E-state index in [2.05, 4.69) is 5.32 Å². The molecule has 0 aliphatic carbocycles. The van der Waals surface area contributed by atoms with E-state index < -0.39 is 16.8 Å². The minimum atomic E-state index is -0.938. The van der Waals surface area contributed by atoms with Crippen molar-refractivity contribution in [3.63, 3.8) is 0 Å². The molecule has 0 bridgehead atoms. The van der Waals surface area contributed by atoms with Crippen LogP contribution in [-0.2, 0) is 10.8 Å². The highest BCUT2D eigenvalue weighted by molar-refractivity contribution is 7.84. The first-order chi connectivity index (χ1) is 8.00. The Morgan fingerprint density at radius 3 is 2.76 bits per heavy atom. The number of hydrogen-bond acceptors (Lipinski definition) is 3. The van der Waals surface area contributed by atoms with Crippen molar-refractivity contribution in [2.24, 2.45) is 0 Å². The van der Waals surface area contributed by atoms with Gasteiger partial charge in [0, 0.05) is 35.0 Å². The Balaban J connectivity index is 2.65. The molecule has 0 heterocycles. The molecule has 1 aromatic carbocycles. The first kappa shape index (κ1) is 13.7. The van der Waals surface area contributed by atoms with Gasteiger partial charge in [-0.2, -0.15) is 0 Å². The SMILES string of the molecule is Cc1ccc(C(=O)O)c(NCCCS(C)=O)c1. The maximum atomic E-state index is 11.0. The summed E-state index contributed by atoms with van der Waals surface area (Å²) < 4.78 is 10.9. The van der Waals surface area contributed by atoms with Gasteiger partial charge in [-0.15, -0.1) is 0 Å². The van der Waals surface area contributed by atoms with Crippen LogP contribution < -0.4 is 5.32 Å². The fraction of sp³-hybridized carbons (Fsp3) is 0.417. The summed E-state index contributed by atoms with van der Waals surface area (Å²) in [6, 6.07) is 5.18. The van der Waals surface area contributed by atoms with E-state index in [0.29, 0.717) is 18.0 Å². The molecule has 0 aliphatic rings. The van der Waals surface area contributed by atoms with E-state index in [1.807, 2.05) is 13.0 Å². The lowest BCUT2D eigenvalue weighted by Gasteiger charge is -2.10. The average molecular weight is 255 g/mol. The Kier molecular flexibility index (Phi) is 5.15. The number of aryl methyl sites for hydroxylation is 1. The number of rotatable bonds is 6. The predicted octanol–water partition coefficient (Wildman–Crippen LogP) is 1.87. The number of hydrogen-bond donors (Lipinski definition) is 2. The molecular weight excluding hydrogens is 238 g/mol. The lowest BCUT2D eigenvalue weighted by Crippen LogP contribution is -2.10.